The van der Waals surface area contributed by atoms with Crippen LogP contribution in [0.4, 0.5) is 9.59 Å². The normalized spacial score (nSPS) is 16.9. The average Bonchev–Trinajstić information content (AvgIpc) is 2.96. The molecule has 1 aromatic rings. The number of alkyl carbamates (subject to hydrolysis) is 1. The Bertz CT molecular complexity index is 921. The van der Waals surface area contributed by atoms with Crippen molar-refractivity contribution in [3.63, 3.8) is 0 Å². The first-order valence-corrected chi connectivity index (χ1v) is 16.4. The van der Waals surface area contributed by atoms with Crippen LogP contribution in [0.5, 0.6) is 0 Å². The number of carboxylic acid groups (broad SMARTS) is 1. The van der Waals surface area contributed by atoms with Crippen molar-refractivity contribution in [2.24, 2.45) is 0 Å². The fraction of sp³-hybridized carbons (Fsp3) is 0.735. The molecule has 2 amide bonds. The van der Waals surface area contributed by atoms with Crippen LogP contribution in [0, 0.1) is 0 Å². The van der Waals surface area contributed by atoms with E-state index in [0.29, 0.717) is 19.4 Å². The van der Waals surface area contributed by atoms with Gasteiger partial charge < -0.3 is 30.1 Å². The fourth-order valence-corrected chi connectivity index (χ4v) is 5.55. The molecule has 2 saturated carbocycles. The Morgan fingerprint density at radius 1 is 0.907 bits per heavy atom. The number of nitrogens with one attached hydrogen (secondary N) is 2. The van der Waals surface area contributed by atoms with Gasteiger partial charge in [0, 0.05) is 24.7 Å². The summed E-state index contributed by atoms with van der Waals surface area (Å²) in [7, 11) is 0. The lowest BCUT2D eigenvalue weighted by molar-refractivity contribution is -0.139. The van der Waals surface area contributed by atoms with Gasteiger partial charge in [-0.3, -0.25) is 0 Å². The summed E-state index contributed by atoms with van der Waals surface area (Å²) >= 11 is 0. The van der Waals surface area contributed by atoms with Crippen molar-refractivity contribution in [3.05, 3.63) is 35.9 Å². The first-order valence-electron chi connectivity index (χ1n) is 16.4. The molecule has 0 spiro atoms. The molecule has 3 rings (SSSR count). The van der Waals surface area contributed by atoms with Gasteiger partial charge in [-0.2, -0.15) is 0 Å². The highest BCUT2D eigenvalue weighted by molar-refractivity contribution is 5.79. The maximum absolute atomic E-state index is 12.3. The van der Waals surface area contributed by atoms with Crippen LogP contribution in [0.15, 0.2) is 30.3 Å². The zero-order valence-corrected chi connectivity index (χ0v) is 27.2. The van der Waals surface area contributed by atoms with Crippen LogP contribution in [0.3, 0.4) is 0 Å². The number of aliphatic carboxylic acids is 1. The van der Waals surface area contributed by atoms with Gasteiger partial charge in [0.15, 0.2) is 0 Å². The van der Waals surface area contributed by atoms with Gasteiger partial charge in [-0.05, 0) is 85.1 Å². The summed E-state index contributed by atoms with van der Waals surface area (Å²) in [5, 5.41) is 15.6. The monoisotopic (exact) mass is 603 g/mol. The number of carboxylic acids is 1. The maximum Gasteiger partial charge on any atom is 0.410 e. The van der Waals surface area contributed by atoms with Crippen molar-refractivity contribution in [1.29, 1.82) is 0 Å². The Morgan fingerprint density at radius 2 is 1.47 bits per heavy atom. The predicted octanol–water partition coefficient (Wildman–Crippen LogP) is 7.42. The molecule has 1 atom stereocenters. The minimum Gasteiger partial charge on any atom is -0.480 e. The summed E-state index contributed by atoms with van der Waals surface area (Å²) < 4.78 is 10.5. The second-order valence-electron chi connectivity index (χ2n) is 13.2. The average molecular weight is 604 g/mol. The Hall–Kier alpha value is -2.81. The standard InChI is InChI=1S/C22H34N2O6.C12H23N/c1-16(2)24(21(28)30-22(3,4)5)14-10-9-13-18(19(25)26)23-20(27)29-15-17-11-7-6-8-12-17;1-3-7-11(8-4-1)13-12-9-5-2-6-10-12/h6-8,11-12,16,18H,9-10,13-15H2,1-5H3,(H,23,27)(H,25,26);11-13H,1-10H2/t18-;/m0./s1. The molecule has 0 unspecified atom stereocenters. The summed E-state index contributed by atoms with van der Waals surface area (Å²) in [6, 6.07) is 9.79. The van der Waals surface area contributed by atoms with E-state index in [9.17, 15) is 19.5 Å². The van der Waals surface area contributed by atoms with Crippen molar-refractivity contribution >= 4 is 18.2 Å². The second kappa shape index (κ2) is 19.5. The van der Waals surface area contributed by atoms with E-state index in [2.05, 4.69) is 10.6 Å². The number of amides is 2. The Morgan fingerprint density at radius 3 is 1.95 bits per heavy atom. The number of benzene rings is 1. The number of rotatable bonds is 12. The van der Waals surface area contributed by atoms with Crippen molar-refractivity contribution in [2.75, 3.05) is 6.54 Å². The number of nitrogens with zero attached hydrogens (tertiary/aromatic N) is 1. The highest BCUT2D eigenvalue weighted by Gasteiger charge is 2.25. The third-order valence-corrected chi connectivity index (χ3v) is 7.88. The molecule has 43 heavy (non-hydrogen) atoms. The van der Waals surface area contributed by atoms with E-state index >= 15 is 0 Å². The molecular weight excluding hydrogens is 546 g/mol. The minimum absolute atomic E-state index is 0.0405. The lowest BCUT2D eigenvalue weighted by atomic mass is 9.91. The van der Waals surface area contributed by atoms with Crippen LogP contribution in [-0.4, -0.2) is 64.5 Å². The van der Waals surface area contributed by atoms with E-state index in [4.69, 9.17) is 9.47 Å². The van der Waals surface area contributed by atoms with Crippen LogP contribution in [-0.2, 0) is 20.9 Å². The van der Waals surface area contributed by atoms with Gasteiger partial charge in [0.1, 0.15) is 18.2 Å². The van der Waals surface area contributed by atoms with Crippen LogP contribution >= 0.6 is 0 Å². The van der Waals surface area contributed by atoms with Gasteiger partial charge in [0.05, 0.1) is 0 Å². The first kappa shape index (κ1) is 36.4. The van der Waals surface area contributed by atoms with E-state index in [1.165, 1.54) is 64.2 Å². The van der Waals surface area contributed by atoms with Crippen LogP contribution in [0.1, 0.15) is 124 Å². The van der Waals surface area contributed by atoms with Gasteiger partial charge in [-0.25, -0.2) is 14.4 Å². The maximum atomic E-state index is 12.3. The first-order chi connectivity index (χ1) is 20.4. The van der Waals surface area contributed by atoms with E-state index < -0.39 is 29.8 Å². The molecule has 9 heteroatoms. The molecule has 2 fully saturated rings. The molecule has 2 aliphatic rings. The van der Waals surface area contributed by atoms with Crippen LogP contribution < -0.4 is 10.6 Å². The van der Waals surface area contributed by atoms with Crippen LogP contribution in [0.25, 0.3) is 0 Å². The Kier molecular flexibility index (Phi) is 16.5. The number of unbranched alkanes of at least 4 members (excludes halogenated alkanes) is 1. The molecule has 0 aromatic heterocycles. The third-order valence-electron chi connectivity index (χ3n) is 7.88. The summed E-state index contributed by atoms with van der Waals surface area (Å²) in [6.45, 7) is 9.73. The SMILES string of the molecule is C1CCC(NC2CCCCC2)CC1.CC(C)N(CCCC[C@H](NC(=O)OCc1ccccc1)C(=O)O)C(=O)OC(C)(C)C. The summed E-state index contributed by atoms with van der Waals surface area (Å²) in [6.07, 6.45) is 14.7. The van der Waals surface area contributed by atoms with E-state index in [-0.39, 0.29) is 19.1 Å². The summed E-state index contributed by atoms with van der Waals surface area (Å²) in [4.78, 5) is 37.3. The highest BCUT2D eigenvalue weighted by atomic mass is 16.6. The number of carbonyl (C=O) groups excluding carboxylic acids is 2. The molecule has 0 saturated heterocycles. The van der Waals surface area contributed by atoms with Gasteiger partial charge in [0.25, 0.3) is 0 Å². The molecule has 0 bridgehead atoms. The van der Waals surface area contributed by atoms with E-state index in [1.807, 2.05) is 65.0 Å². The predicted molar refractivity (Wildman–Crippen MR) is 170 cm³/mol. The molecule has 244 valence electrons. The van der Waals surface area contributed by atoms with E-state index in [0.717, 1.165) is 17.6 Å². The molecule has 9 nitrogen and oxygen atoms in total. The summed E-state index contributed by atoms with van der Waals surface area (Å²) in [5.74, 6) is -1.13. The second-order valence-corrected chi connectivity index (χ2v) is 13.2. The van der Waals surface area contributed by atoms with Gasteiger partial charge in [-0.1, -0.05) is 68.9 Å². The lowest BCUT2D eigenvalue weighted by Crippen LogP contribution is -2.42. The van der Waals surface area contributed by atoms with Crippen molar-refractivity contribution < 1.29 is 29.0 Å². The number of carbonyl (C=O) groups is 3. The van der Waals surface area contributed by atoms with Crippen molar-refractivity contribution in [2.45, 2.75) is 154 Å². The van der Waals surface area contributed by atoms with Crippen molar-refractivity contribution in [1.82, 2.24) is 15.5 Å². The van der Waals surface area contributed by atoms with Crippen LogP contribution in [0.2, 0.25) is 0 Å². The molecule has 3 N–H and O–H groups in total. The Labute approximate surface area is 259 Å². The van der Waals surface area contributed by atoms with Gasteiger partial charge in [0.2, 0.25) is 0 Å². The van der Waals surface area contributed by atoms with Crippen molar-refractivity contribution in [3.8, 4) is 0 Å². The number of hydrogen-bond donors (Lipinski definition) is 3. The smallest absolute Gasteiger partial charge is 0.410 e. The van der Waals surface area contributed by atoms with Gasteiger partial charge >= 0.3 is 18.2 Å². The lowest BCUT2D eigenvalue weighted by Gasteiger charge is -2.30. The fourth-order valence-electron chi connectivity index (χ4n) is 5.55. The topological polar surface area (TPSA) is 117 Å². The molecule has 0 aliphatic heterocycles. The molecule has 1 aromatic carbocycles. The highest BCUT2D eigenvalue weighted by Crippen LogP contribution is 2.22. The zero-order chi connectivity index (χ0) is 31.7. The molecule has 0 radical (unpaired) electrons. The quantitative estimate of drug-likeness (QED) is 0.213. The van der Waals surface area contributed by atoms with Gasteiger partial charge in [-0.15, -0.1) is 0 Å². The van der Waals surface area contributed by atoms with E-state index in [1.54, 1.807) is 4.90 Å². The molecule has 0 heterocycles. The zero-order valence-electron chi connectivity index (χ0n) is 27.2. The number of ether oxygens (including phenoxy) is 2. The Balaban J connectivity index is 0.000000407. The number of hydrogen-bond acceptors (Lipinski definition) is 6. The molecular formula is C34H57N3O6. The third kappa shape index (κ3) is 16.0. The minimum atomic E-state index is -1.13. The largest absolute Gasteiger partial charge is 0.480 e. The molecule has 2 aliphatic carbocycles. The summed E-state index contributed by atoms with van der Waals surface area (Å²) in [5.41, 5.74) is 0.235.